The van der Waals surface area contributed by atoms with Crippen LogP contribution in [-0.4, -0.2) is 50.5 Å². The molecule has 1 aliphatic heterocycles. The highest BCUT2D eigenvalue weighted by molar-refractivity contribution is 7.89. The van der Waals surface area contributed by atoms with Crippen molar-refractivity contribution in [3.05, 3.63) is 29.3 Å². The van der Waals surface area contributed by atoms with Crippen LogP contribution in [0.25, 0.3) is 0 Å². The van der Waals surface area contributed by atoms with Crippen molar-refractivity contribution in [2.45, 2.75) is 55.9 Å². The second-order valence-corrected chi connectivity index (χ2v) is 11.6. The number of ether oxygens (including phenoxy) is 1. The molecule has 158 valence electrons. The number of morpholine rings is 1. The number of aryl methyl sites for hydroxylation is 1. The van der Waals surface area contributed by atoms with Crippen LogP contribution in [0.15, 0.2) is 23.1 Å². The van der Waals surface area contributed by atoms with Crippen LogP contribution in [0.2, 0.25) is 0 Å². The summed E-state index contributed by atoms with van der Waals surface area (Å²) in [5.74, 6) is 2.12. The molecule has 6 nitrogen and oxygen atoms in total. The average Bonchev–Trinajstić information content (AvgIpc) is 2.67. The Morgan fingerprint density at radius 1 is 1.07 bits per heavy atom. The van der Waals surface area contributed by atoms with E-state index in [4.69, 9.17) is 4.74 Å². The van der Waals surface area contributed by atoms with Crippen LogP contribution in [0.4, 0.5) is 0 Å². The van der Waals surface area contributed by atoms with Gasteiger partial charge in [-0.25, -0.2) is 8.42 Å². The molecule has 1 aromatic carbocycles. The summed E-state index contributed by atoms with van der Waals surface area (Å²) in [6.07, 6.45) is 7.20. The Morgan fingerprint density at radius 3 is 2.24 bits per heavy atom. The molecule has 1 aromatic rings. The van der Waals surface area contributed by atoms with Gasteiger partial charge in [0.15, 0.2) is 0 Å². The standard InChI is InChI=1S/C22H30N2O4S/c1-15-2-3-19(29(26,27)24-4-6-28-7-5-24)11-20(15)21(25)23-22-12-16-8-17(13-22)10-18(9-16)14-22/h2-3,11,16-18H,4-10,12-14H2,1H3,(H,23,25). The number of sulfonamides is 1. The van der Waals surface area contributed by atoms with Crippen molar-refractivity contribution >= 4 is 15.9 Å². The summed E-state index contributed by atoms with van der Waals surface area (Å²) in [5.41, 5.74) is 1.21. The molecule has 0 spiro atoms. The highest BCUT2D eigenvalue weighted by Gasteiger charge is 2.51. The molecular formula is C22H30N2O4S. The molecule has 5 fully saturated rings. The molecule has 0 aromatic heterocycles. The summed E-state index contributed by atoms with van der Waals surface area (Å²) >= 11 is 0. The van der Waals surface area contributed by atoms with Crippen molar-refractivity contribution in [3.8, 4) is 0 Å². The number of carbonyl (C=O) groups excluding carboxylic acids is 1. The zero-order valence-electron chi connectivity index (χ0n) is 17.0. The Morgan fingerprint density at radius 2 is 1.66 bits per heavy atom. The molecule has 0 atom stereocenters. The Kier molecular flexibility index (Phi) is 4.76. The first-order chi connectivity index (χ1) is 13.8. The van der Waals surface area contributed by atoms with Crippen molar-refractivity contribution in [3.63, 3.8) is 0 Å². The number of nitrogens with zero attached hydrogens (tertiary/aromatic N) is 1. The van der Waals surface area contributed by atoms with Gasteiger partial charge in [0.1, 0.15) is 0 Å². The van der Waals surface area contributed by atoms with E-state index in [0.717, 1.165) is 42.6 Å². The number of rotatable bonds is 4. The van der Waals surface area contributed by atoms with Crippen molar-refractivity contribution in [2.24, 2.45) is 17.8 Å². The van der Waals surface area contributed by atoms with Gasteiger partial charge in [0.05, 0.1) is 18.1 Å². The summed E-state index contributed by atoms with van der Waals surface area (Å²) in [7, 11) is -3.61. The molecule has 29 heavy (non-hydrogen) atoms. The smallest absolute Gasteiger partial charge is 0.252 e. The molecule has 4 aliphatic carbocycles. The van der Waals surface area contributed by atoms with Crippen molar-refractivity contribution in [1.29, 1.82) is 0 Å². The third-order valence-electron chi connectivity index (χ3n) is 7.48. The Hall–Kier alpha value is -1.44. The molecule has 4 bridgehead atoms. The summed E-state index contributed by atoms with van der Waals surface area (Å²) in [5, 5.41) is 3.37. The maximum Gasteiger partial charge on any atom is 0.252 e. The number of benzene rings is 1. The summed E-state index contributed by atoms with van der Waals surface area (Å²) in [6.45, 7) is 3.39. The van der Waals surface area contributed by atoms with Crippen LogP contribution < -0.4 is 5.32 Å². The van der Waals surface area contributed by atoms with Gasteiger partial charge >= 0.3 is 0 Å². The Labute approximate surface area is 173 Å². The topological polar surface area (TPSA) is 75.7 Å². The molecule has 1 heterocycles. The molecular weight excluding hydrogens is 388 g/mol. The number of hydrogen-bond donors (Lipinski definition) is 1. The molecule has 7 heteroatoms. The fourth-order valence-corrected chi connectivity index (χ4v) is 7.95. The average molecular weight is 419 g/mol. The van der Waals surface area contributed by atoms with Gasteiger partial charge in [-0.2, -0.15) is 4.31 Å². The van der Waals surface area contributed by atoms with E-state index in [1.165, 1.54) is 23.6 Å². The van der Waals surface area contributed by atoms with Crippen LogP contribution in [-0.2, 0) is 14.8 Å². The van der Waals surface area contributed by atoms with Gasteiger partial charge in [-0.1, -0.05) is 6.07 Å². The Bertz CT molecular complexity index is 885. The minimum Gasteiger partial charge on any atom is -0.379 e. The van der Waals surface area contributed by atoms with Crippen LogP contribution in [0.5, 0.6) is 0 Å². The van der Waals surface area contributed by atoms with E-state index in [1.807, 2.05) is 6.92 Å². The largest absolute Gasteiger partial charge is 0.379 e. The van der Waals surface area contributed by atoms with E-state index in [-0.39, 0.29) is 16.3 Å². The van der Waals surface area contributed by atoms with E-state index in [1.54, 1.807) is 18.2 Å². The maximum atomic E-state index is 13.3. The fraction of sp³-hybridized carbons (Fsp3) is 0.682. The first-order valence-electron chi connectivity index (χ1n) is 10.9. The van der Waals surface area contributed by atoms with Gasteiger partial charge in [0.25, 0.3) is 5.91 Å². The van der Waals surface area contributed by atoms with Crippen molar-refractivity contribution in [1.82, 2.24) is 9.62 Å². The minimum atomic E-state index is -3.61. The monoisotopic (exact) mass is 418 g/mol. The van der Waals surface area contributed by atoms with Gasteiger partial charge in [-0.3, -0.25) is 4.79 Å². The molecule has 4 saturated carbocycles. The van der Waals surface area contributed by atoms with Gasteiger partial charge < -0.3 is 10.1 Å². The molecule has 0 unspecified atom stereocenters. The van der Waals surface area contributed by atoms with Crippen molar-refractivity contribution in [2.75, 3.05) is 26.3 Å². The zero-order valence-corrected chi connectivity index (χ0v) is 17.8. The third kappa shape index (κ3) is 3.51. The van der Waals surface area contributed by atoms with E-state index in [0.29, 0.717) is 31.9 Å². The lowest BCUT2D eigenvalue weighted by Gasteiger charge is -2.56. The Balaban J connectivity index is 1.39. The quantitative estimate of drug-likeness (QED) is 0.816. The van der Waals surface area contributed by atoms with Gasteiger partial charge in [0, 0.05) is 24.2 Å². The molecule has 1 saturated heterocycles. The molecule has 5 aliphatic rings. The lowest BCUT2D eigenvalue weighted by atomic mass is 9.53. The van der Waals surface area contributed by atoms with E-state index < -0.39 is 10.0 Å². The van der Waals surface area contributed by atoms with Crippen LogP contribution in [0.3, 0.4) is 0 Å². The van der Waals surface area contributed by atoms with Crippen molar-refractivity contribution < 1.29 is 17.9 Å². The van der Waals surface area contributed by atoms with Crippen LogP contribution in [0, 0.1) is 24.7 Å². The second kappa shape index (κ2) is 7.06. The maximum absolute atomic E-state index is 13.3. The number of nitrogens with one attached hydrogen (secondary N) is 1. The molecule has 6 rings (SSSR count). The first-order valence-corrected chi connectivity index (χ1v) is 12.3. The second-order valence-electron chi connectivity index (χ2n) is 9.65. The van der Waals surface area contributed by atoms with E-state index >= 15 is 0 Å². The molecule has 0 radical (unpaired) electrons. The fourth-order valence-electron chi connectivity index (χ4n) is 6.51. The predicted octanol–water partition coefficient (Wildman–Crippen LogP) is 2.71. The van der Waals surface area contributed by atoms with E-state index in [2.05, 4.69) is 5.32 Å². The van der Waals surface area contributed by atoms with Crippen LogP contribution in [0.1, 0.15) is 54.4 Å². The third-order valence-corrected chi connectivity index (χ3v) is 9.37. The van der Waals surface area contributed by atoms with Gasteiger partial charge in [-0.15, -0.1) is 0 Å². The normalized spacial score (nSPS) is 34.3. The first kappa shape index (κ1) is 19.5. The number of carbonyl (C=O) groups is 1. The zero-order chi connectivity index (χ0) is 20.2. The summed E-state index contributed by atoms with van der Waals surface area (Å²) in [4.78, 5) is 13.5. The predicted molar refractivity (Wildman–Crippen MR) is 109 cm³/mol. The lowest BCUT2D eigenvalue weighted by molar-refractivity contribution is -0.0167. The number of amides is 1. The number of hydrogen-bond acceptors (Lipinski definition) is 4. The summed E-state index contributed by atoms with van der Waals surface area (Å²) in [6, 6.07) is 4.93. The lowest BCUT2D eigenvalue weighted by Crippen LogP contribution is -2.59. The molecule has 1 N–H and O–H groups in total. The van der Waals surface area contributed by atoms with Gasteiger partial charge in [-0.05, 0) is 80.9 Å². The minimum absolute atomic E-state index is 0.0860. The highest BCUT2D eigenvalue weighted by Crippen LogP contribution is 2.55. The summed E-state index contributed by atoms with van der Waals surface area (Å²) < 4.78 is 32.8. The SMILES string of the molecule is Cc1ccc(S(=O)(=O)N2CCOCC2)cc1C(=O)NC12CC3CC(CC(C3)C1)C2. The highest BCUT2D eigenvalue weighted by atomic mass is 32.2. The molecule has 1 amide bonds. The van der Waals surface area contributed by atoms with Crippen LogP contribution >= 0.6 is 0 Å². The van der Waals surface area contributed by atoms with E-state index in [9.17, 15) is 13.2 Å². The van der Waals surface area contributed by atoms with Gasteiger partial charge in [0.2, 0.25) is 10.0 Å².